The van der Waals surface area contributed by atoms with E-state index in [0.29, 0.717) is 26.1 Å². The molecule has 0 radical (unpaired) electrons. The molecule has 1 aliphatic rings. The van der Waals surface area contributed by atoms with Crippen LogP contribution >= 0.6 is 0 Å². The predicted octanol–water partition coefficient (Wildman–Crippen LogP) is 4.55. The molecular formula is C29H51N5O4. The quantitative estimate of drug-likeness (QED) is 0.284. The van der Waals surface area contributed by atoms with Crippen LogP contribution in [0.2, 0.25) is 0 Å². The standard InChI is InChI=1S/C29H51N5O4/c1-21(2)34(22(3)4)28(37)32-25(27(35)36)15-18-33(19-20-38-29(5,6)7)17-9-8-12-24-14-13-23-11-10-16-30-26(23)31-24/h13-14,21-22,25H,8-12,15-20H2,1-7H3,(H,30,31)(H,32,37)(H,35,36)/t25-/m0/s1. The molecule has 1 aliphatic heterocycles. The molecule has 0 aromatic carbocycles. The number of aryl methyl sites for hydroxylation is 2. The summed E-state index contributed by atoms with van der Waals surface area (Å²) in [4.78, 5) is 33.5. The van der Waals surface area contributed by atoms with Crippen molar-refractivity contribution in [2.45, 2.75) is 111 Å². The largest absolute Gasteiger partial charge is 0.480 e. The molecule has 3 N–H and O–H groups in total. The SMILES string of the molecule is CC(C)N(C(=O)N[C@@H](CCN(CCCCc1ccc2c(n1)NCCC2)CCOC(C)(C)C)C(=O)O)C(C)C. The van der Waals surface area contributed by atoms with Gasteiger partial charge in [0.2, 0.25) is 0 Å². The van der Waals surface area contributed by atoms with Crippen molar-refractivity contribution < 1.29 is 19.4 Å². The second kappa shape index (κ2) is 15.3. The first-order valence-electron chi connectivity index (χ1n) is 14.3. The van der Waals surface area contributed by atoms with Gasteiger partial charge in [-0.3, -0.25) is 0 Å². The van der Waals surface area contributed by atoms with Gasteiger partial charge in [0.15, 0.2) is 0 Å². The maximum absolute atomic E-state index is 12.8. The molecule has 0 saturated carbocycles. The number of hydrogen-bond acceptors (Lipinski definition) is 6. The summed E-state index contributed by atoms with van der Waals surface area (Å²) in [6.45, 7) is 17.5. The molecule has 9 heteroatoms. The number of carbonyl (C=O) groups excluding carboxylic acids is 1. The van der Waals surface area contributed by atoms with E-state index in [1.54, 1.807) is 4.90 Å². The van der Waals surface area contributed by atoms with E-state index in [4.69, 9.17) is 9.72 Å². The summed E-state index contributed by atoms with van der Waals surface area (Å²) in [5.74, 6) is 0.0220. The van der Waals surface area contributed by atoms with Crippen LogP contribution in [0.3, 0.4) is 0 Å². The van der Waals surface area contributed by atoms with Crippen LogP contribution in [0, 0.1) is 0 Å². The number of nitrogens with one attached hydrogen (secondary N) is 2. The first-order valence-corrected chi connectivity index (χ1v) is 14.3. The minimum absolute atomic E-state index is 0.0177. The second-order valence-electron chi connectivity index (χ2n) is 11.8. The van der Waals surface area contributed by atoms with Gasteiger partial charge in [0.1, 0.15) is 11.9 Å². The Labute approximate surface area is 229 Å². The van der Waals surface area contributed by atoms with Crippen LogP contribution < -0.4 is 10.6 Å². The van der Waals surface area contributed by atoms with Crippen molar-refractivity contribution in [3.8, 4) is 0 Å². The summed E-state index contributed by atoms with van der Waals surface area (Å²) in [6, 6.07) is 3.02. The normalized spacial score (nSPS) is 14.4. The van der Waals surface area contributed by atoms with Gasteiger partial charge in [0.25, 0.3) is 0 Å². The Morgan fingerprint density at radius 1 is 1.11 bits per heavy atom. The number of unbranched alkanes of at least 4 members (excludes halogenated alkanes) is 1. The number of ether oxygens (including phenoxy) is 1. The molecule has 2 rings (SSSR count). The molecule has 1 atom stereocenters. The van der Waals surface area contributed by atoms with Crippen LogP contribution in [0.5, 0.6) is 0 Å². The monoisotopic (exact) mass is 533 g/mol. The third-order valence-corrected chi connectivity index (χ3v) is 6.73. The molecule has 1 aromatic rings. The zero-order valence-corrected chi connectivity index (χ0v) is 24.7. The van der Waals surface area contributed by atoms with Crippen molar-refractivity contribution in [1.82, 2.24) is 20.1 Å². The van der Waals surface area contributed by atoms with Gasteiger partial charge in [-0.2, -0.15) is 0 Å². The van der Waals surface area contributed by atoms with Gasteiger partial charge in [-0.1, -0.05) is 6.07 Å². The molecule has 0 fully saturated rings. The summed E-state index contributed by atoms with van der Waals surface area (Å²) in [7, 11) is 0. The number of carboxylic acids is 1. The highest BCUT2D eigenvalue weighted by atomic mass is 16.5. The molecule has 0 bridgehead atoms. The van der Waals surface area contributed by atoms with Gasteiger partial charge >= 0.3 is 12.0 Å². The zero-order chi connectivity index (χ0) is 28.3. The molecule has 0 unspecified atom stereocenters. The van der Waals surface area contributed by atoms with Crippen LogP contribution in [0.1, 0.15) is 85.4 Å². The van der Waals surface area contributed by atoms with Crippen LogP contribution in [-0.2, 0) is 22.4 Å². The predicted molar refractivity (Wildman–Crippen MR) is 153 cm³/mol. The molecule has 2 heterocycles. The number of rotatable bonds is 15. The highest BCUT2D eigenvalue weighted by molar-refractivity contribution is 5.82. The van der Waals surface area contributed by atoms with Gasteiger partial charge in [-0.25, -0.2) is 14.6 Å². The van der Waals surface area contributed by atoms with Crippen molar-refractivity contribution in [3.05, 3.63) is 23.4 Å². The maximum Gasteiger partial charge on any atom is 0.326 e. The highest BCUT2D eigenvalue weighted by Gasteiger charge is 2.26. The Bertz CT molecular complexity index is 876. The first kappa shape index (κ1) is 31.8. The molecule has 216 valence electrons. The average molecular weight is 534 g/mol. The Morgan fingerprint density at radius 3 is 2.45 bits per heavy atom. The number of nitrogens with zero attached hydrogens (tertiary/aromatic N) is 3. The van der Waals surface area contributed by atoms with E-state index >= 15 is 0 Å². The summed E-state index contributed by atoms with van der Waals surface area (Å²) in [5, 5.41) is 16.0. The zero-order valence-electron chi connectivity index (χ0n) is 24.7. The van der Waals surface area contributed by atoms with Crippen molar-refractivity contribution in [2.24, 2.45) is 0 Å². The molecule has 38 heavy (non-hydrogen) atoms. The van der Waals surface area contributed by atoms with Crippen LogP contribution in [-0.4, -0.2) is 88.4 Å². The number of pyridine rings is 1. The van der Waals surface area contributed by atoms with E-state index in [-0.39, 0.29) is 23.7 Å². The lowest BCUT2D eigenvalue weighted by molar-refractivity contribution is -0.139. The van der Waals surface area contributed by atoms with Gasteiger partial charge in [-0.15, -0.1) is 0 Å². The Hall–Kier alpha value is -2.39. The van der Waals surface area contributed by atoms with E-state index in [2.05, 4.69) is 27.7 Å². The minimum Gasteiger partial charge on any atom is -0.480 e. The van der Waals surface area contributed by atoms with Gasteiger partial charge in [-0.05, 0) is 105 Å². The Morgan fingerprint density at radius 2 is 1.82 bits per heavy atom. The number of carbonyl (C=O) groups is 2. The lowest BCUT2D eigenvalue weighted by Crippen LogP contribution is -2.53. The van der Waals surface area contributed by atoms with Crippen LogP contribution in [0.4, 0.5) is 10.6 Å². The average Bonchev–Trinajstić information content (AvgIpc) is 2.82. The van der Waals surface area contributed by atoms with E-state index < -0.39 is 12.0 Å². The Balaban J connectivity index is 1.92. The van der Waals surface area contributed by atoms with Crippen molar-refractivity contribution in [2.75, 3.05) is 38.1 Å². The third-order valence-electron chi connectivity index (χ3n) is 6.73. The summed E-state index contributed by atoms with van der Waals surface area (Å²) in [6.07, 6.45) is 5.46. The summed E-state index contributed by atoms with van der Waals surface area (Å²) >= 11 is 0. The fourth-order valence-corrected chi connectivity index (χ4v) is 4.82. The van der Waals surface area contributed by atoms with E-state index in [0.717, 1.165) is 56.7 Å². The summed E-state index contributed by atoms with van der Waals surface area (Å²) in [5.41, 5.74) is 2.18. The maximum atomic E-state index is 12.8. The van der Waals surface area contributed by atoms with Crippen molar-refractivity contribution in [1.29, 1.82) is 0 Å². The van der Waals surface area contributed by atoms with Crippen molar-refractivity contribution >= 4 is 17.8 Å². The van der Waals surface area contributed by atoms with Crippen molar-refractivity contribution in [3.63, 3.8) is 0 Å². The van der Waals surface area contributed by atoms with Gasteiger partial charge in [0.05, 0.1) is 12.2 Å². The van der Waals surface area contributed by atoms with Crippen LogP contribution in [0.15, 0.2) is 12.1 Å². The number of carboxylic acid groups (broad SMARTS) is 1. The first-order chi connectivity index (χ1) is 17.9. The Kier molecular flexibility index (Phi) is 12.8. The molecule has 9 nitrogen and oxygen atoms in total. The molecule has 0 spiro atoms. The van der Waals surface area contributed by atoms with E-state index in [1.807, 2.05) is 48.5 Å². The van der Waals surface area contributed by atoms with E-state index in [9.17, 15) is 14.7 Å². The lowest BCUT2D eigenvalue weighted by Gasteiger charge is -2.32. The minimum atomic E-state index is -1.01. The fourth-order valence-electron chi connectivity index (χ4n) is 4.82. The molecule has 2 amide bonds. The topological polar surface area (TPSA) is 107 Å². The van der Waals surface area contributed by atoms with Gasteiger partial charge in [0, 0.05) is 37.4 Å². The number of anilines is 1. The highest BCUT2D eigenvalue weighted by Crippen LogP contribution is 2.20. The molecule has 0 aliphatic carbocycles. The number of hydrogen-bond donors (Lipinski definition) is 3. The molecule has 0 saturated heterocycles. The van der Waals surface area contributed by atoms with Gasteiger partial charge < -0.3 is 30.3 Å². The molecular weight excluding hydrogens is 482 g/mol. The number of aliphatic carboxylic acids is 1. The fraction of sp³-hybridized carbons (Fsp3) is 0.759. The third kappa shape index (κ3) is 11.2. The second-order valence-corrected chi connectivity index (χ2v) is 11.8. The number of fused-ring (bicyclic) bond motifs is 1. The molecule has 1 aromatic heterocycles. The van der Waals surface area contributed by atoms with E-state index in [1.165, 1.54) is 5.56 Å². The lowest BCUT2D eigenvalue weighted by atomic mass is 10.1. The number of amides is 2. The van der Waals surface area contributed by atoms with Crippen LogP contribution in [0.25, 0.3) is 0 Å². The number of urea groups is 1. The number of aromatic nitrogens is 1. The summed E-state index contributed by atoms with van der Waals surface area (Å²) < 4.78 is 5.94. The smallest absolute Gasteiger partial charge is 0.326 e.